The average Bonchev–Trinajstić information content (AvgIpc) is 3.12. The van der Waals surface area contributed by atoms with E-state index in [1.165, 1.54) is 4.79 Å². The van der Waals surface area contributed by atoms with Crippen LogP contribution in [0.4, 0.5) is 0 Å². The van der Waals surface area contributed by atoms with Gasteiger partial charge in [0.25, 0.3) is 0 Å². The van der Waals surface area contributed by atoms with Crippen molar-refractivity contribution in [2.75, 3.05) is 12.4 Å². The summed E-state index contributed by atoms with van der Waals surface area (Å²) in [5.41, 5.74) is 7.39. The summed E-state index contributed by atoms with van der Waals surface area (Å²) in [5.74, 6) is 7.19. The van der Waals surface area contributed by atoms with Gasteiger partial charge in [-0.25, -0.2) is 4.99 Å². The molecule has 2 aromatic rings. The van der Waals surface area contributed by atoms with E-state index in [1.807, 2.05) is 39.0 Å². The summed E-state index contributed by atoms with van der Waals surface area (Å²) in [7, 11) is 0. The van der Waals surface area contributed by atoms with E-state index in [0.29, 0.717) is 22.8 Å². The smallest absolute Gasteiger partial charge is 0.131 e. The molecule has 0 amide bonds. The van der Waals surface area contributed by atoms with Crippen LogP contribution in [0.2, 0.25) is 0 Å². The number of nitrogens with zero attached hydrogens (tertiary/aromatic N) is 4. The van der Waals surface area contributed by atoms with Crippen LogP contribution in [0.15, 0.2) is 41.7 Å². The van der Waals surface area contributed by atoms with Crippen molar-refractivity contribution in [2.45, 2.75) is 45.1 Å². The van der Waals surface area contributed by atoms with Gasteiger partial charge >= 0.3 is 0 Å². The predicted molar refractivity (Wildman–Crippen MR) is 114 cm³/mol. The minimum atomic E-state index is -0.875. The number of hydrogen-bond acceptors (Lipinski definition) is 7. The molecule has 0 saturated carbocycles. The molecule has 3 rings (SSSR count). The van der Waals surface area contributed by atoms with E-state index >= 15 is 0 Å². The van der Waals surface area contributed by atoms with Crippen LogP contribution >= 0.6 is 0 Å². The van der Waals surface area contributed by atoms with Gasteiger partial charge in [0.05, 0.1) is 30.1 Å². The number of fused-ring (bicyclic) bond motifs is 1. The van der Waals surface area contributed by atoms with Gasteiger partial charge in [-0.3, -0.25) is 0 Å². The Balaban J connectivity index is 2.00. The van der Waals surface area contributed by atoms with Crippen LogP contribution in [0.3, 0.4) is 0 Å². The van der Waals surface area contributed by atoms with Crippen LogP contribution < -0.4 is 16.3 Å². The highest BCUT2D eigenvalue weighted by Crippen LogP contribution is 2.30. The van der Waals surface area contributed by atoms with Crippen molar-refractivity contribution in [2.24, 2.45) is 10.7 Å². The minimum Gasteiger partial charge on any atom is -0.491 e. The number of rotatable bonds is 6. The second-order valence-electron chi connectivity index (χ2n) is 7.40. The van der Waals surface area contributed by atoms with Crippen molar-refractivity contribution < 1.29 is 14.9 Å². The zero-order chi connectivity index (χ0) is 21.3. The van der Waals surface area contributed by atoms with Gasteiger partial charge in [0, 0.05) is 11.9 Å². The Kier molecular flexibility index (Phi) is 5.81. The number of aliphatic imine (C=N–C) groups is 1. The van der Waals surface area contributed by atoms with Gasteiger partial charge in [0.15, 0.2) is 0 Å². The number of β-amino-alcohol motifs (C(OH)–C–C–N with tert-alkyl or cyclic N) is 1. The molecule has 6 N–H and O–H groups in total. The second kappa shape index (κ2) is 8.14. The van der Waals surface area contributed by atoms with Crippen molar-refractivity contribution in [1.82, 2.24) is 14.8 Å². The summed E-state index contributed by atoms with van der Waals surface area (Å²) >= 11 is 0. The Morgan fingerprint density at radius 2 is 2.14 bits per heavy atom. The number of nitrogen functional groups attached to an aromatic ring is 1. The largest absolute Gasteiger partial charge is 0.491 e. The van der Waals surface area contributed by atoms with Crippen LogP contribution in [-0.4, -0.2) is 62.2 Å². The third-order valence-electron chi connectivity index (χ3n) is 4.92. The summed E-state index contributed by atoms with van der Waals surface area (Å²) in [5, 5.41) is 25.2. The topological polar surface area (TPSA) is 135 Å². The number of nitrogens with two attached hydrogens (primary N) is 2. The molecule has 156 valence electrons. The zero-order valence-corrected chi connectivity index (χ0v) is 16.9. The van der Waals surface area contributed by atoms with E-state index in [0.717, 1.165) is 17.2 Å². The average molecular weight is 400 g/mol. The molecule has 3 atom stereocenters. The Morgan fingerprint density at radius 1 is 1.41 bits per heavy atom. The molecular formula is C20H28N6O3. The summed E-state index contributed by atoms with van der Waals surface area (Å²) in [6, 6.07) is 5.23. The molecule has 0 bridgehead atoms. The standard InChI is InChI=1S/C20H28N6O3/c1-11(2)29-14-5-6-16-15(8-14)19(24-26(16)22)12(3)7-18(23-10-21)25-9-17(27)20(28)13(25)4/h5-8,10-11,13,17,20,27-28H,3,9,22H2,1-2,4H3,(H2,21,23)/b18-7+/t13-,17-,20-/m0/s1. The molecule has 1 aromatic carbocycles. The number of ether oxygens (including phenoxy) is 1. The molecule has 1 aliphatic rings. The Bertz CT molecular complexity index is 965. The molecule has 1 fully saturated rings. The third-order valence-corrected chi connectivity index (χ3v) is 4.92. The molecular weight excluding hydrogens is 372 g/mol. The number of aliphatic hydroxyl groups is 2. The summed E-state index contributed by atoms with van der Waals surface area (Å²) < 4.78 is 5.78. The zero-order valence-electron chi connectivity index (χ0n) is 16.9. The maximum absolute atomic E-state index is 10.1. The van der Waals surface area contributed by atoms with Gasteiger partial charge in [-0.05, 0) is 50.6 Å². The molecule has 9 heteroatoms. The number of benzene rings is 1. The summed E-state index contributed by atoms with van der Waals surface area (Å²) in [6.07, 6.45) is 1.17. The monoisotopic (exact) mass is 400 g/mol. The quantitative estimate of drug-likeness (QED) is 0.244. The lowest BCUT2D eigenvalue weighted by Crippen LogP contribution is -2.32. The van der Waals surface area contributed by atoms with Crippen LogP contribution in [0.1, 0.15) is 26.5 Å². The van der Waals surface area contributed by atoms with Crippen molar-refractivity contribution in [1.29, 1.82) is 0 Å². The molecule has 2 heterocycles. The normalized spacial score (nSPS) is 22.9. The number of allylic oxidation sites excluding steroid dienone is 2. The van der Waals surface area contributed by atoms with E-state index in [4.69, 9.17) is 16.3 Å². The molecule has 9 nitrogen and oxygen atoms in total. The van der Waals surface area contributed by atoms with Crippen molar-refractivity contribution in [3.63, 3.8) is 0 Å². The van der Waals surface area contributed by atoms with Crippen LogP contribution in [0, 0.1) is 0 Å². The minimum absolute atomic E-state index is 0.0342. The lowest BCUT2D eigenvalue weighted by atomic mass is 10.1. The molecule has 0 radical (unpaired) electrons. The Hall–Kier alpha value is -3.04. The van der Waals surface area contributed by atoms with Gasteiger partial charge in [-0.15, -0.1) is 0 Å². The molecule has 1 aromatic heterocycles. The SMILES string of the molecule is C=C(/C=C(\N=C/N)N1C[C@H](O)[C@@H](O)[C@@H]1C)c1nn(N)c2ccc(OC(C)C)cc12. The van der Waals surface area contributed by atoms with Crippen LogP contribution in [-0.2, 0) is 0 Å². The van der Waals surface area contributed by atoms with Crippen LogP contribution in [0.5, 0.6) is 5.75 Å². The van der Waals surface area contributed by atoms with Crippen LogP contribution in [0.25, 0.3) is 16.5 Å². The van der Waals surface area contributed by atoms with Crippen molar-refractivity contribution >= 4 is 22.8 Å². The molecule has 1 aliphatic heterocycles. The van der Waals surface area contributed by atoms with Crippen molar-refractivity contribution in [3.8, 4) is 5.75 Å². The van der Waals surface area contributed by atoms with Gasteiger partial charge in [0.2, 0.25) is 0 Å². The molecule has 0 unspecified atom stereocenters. The number of likely N-dealkylation sites (tertiary alicyclic amines) is 1. The van der Waals surface area contributed by atoms with Gasteiger partial charge in [0.1, 0.15) is 23.4 Å². The first-order chi connectivity index (χ1) is 13.7. The lowest BCUT2D eigenvalue weighted by Gasteiger charge is -2.24. The third kappa shape index (κ3) is 4.06. The summed E-state index contributed by atoms with van der Waals surface area (Å²) in [4.78, 5) is 7.27. The fourth-order valence-electron chi connectivity index (χ4n) is 3.48. The van der Waals surface area contributed by atoms with E-state index in [9.17, 15) is 10.2 Å². The highest BCUT2D eigenvalue weighted by molar-refractivity contribution is 5.93. The summed E-state index contributed by atoms with van der Waals surface area (Å²) in [6.45, 7) is 10.1. The van der Waals surface area contributed by atoms with E-state index in [2.05, 4.69) is 16.7 Å². The van der Waals surface area contributed by atoms with Crippen molar-refractivity contribution in [3.05, 3.63) is 42.4 Å². The second-order valence-corrected chi connectivity index (χ2v) is 7.40. The Morgan fingerprint density at radius 3 is 2.72 bits per heavy atom. The fourth-order valence-corrected chi connectivity index (χ4v) is 3.48. The maximum Gasteiger partial charge on any atom is 0.131 e. The van der Waals surface area contributed by atoms with E-state index in [-0.39, 0.29) is 18.7 Å². The molecule has 0 aliphatic carbocycles. The molecule has 29 heavy (non-hydrogen) atoms. The molecule has 0 spiro atoms. The predicted octanol–water partition coefficient (Wildman–Crippen LogP) is 0.805. The van der Waals surface area contributed by atoms with Gasteiger partial charge in [-0.2, -0.15) is 9.89 Å². The first-order valence-electron chi connectivity index (χ1n) is 9.45. The highest BCUT2D eigenvalue weighted by atomic mass is 16.5. The first kappa shape index (κ1) is 20.7. The lowest BCUT2D eigenvalue weighted by molar-refractivity contribution is 0.0421. The highest BCUT2D eigenvalue weighted by Gasteiger charge is 2.37. The maximum atomic E-state index is 10.1. The first-order valence-corrected chi connectivity index (χ1v) is 9.45. The number of hydrogen-bond donors (Lipinski definition) is 4. The van der Waals surface area contributed by atoms with E-state index in [1.54, 1.807) is 11.0 Å². The van der Waals surface area contributed by atoms with E-state index < -0.39 is 12.2 Å². The fraction of sp³-hybridized carbons (Fsp3) is 0.400. The Labute approximate surface area is 169 Å². The number of aliphatic hydroxyl groups excluding tert-OH is 2. The number of aromatic nitrogens is 2. The van der Waals surface area contributed by atoms with Gasteiger partial charge < -0.3 is 31.4 Å². The molecule has 1 saturated heterocycles. The van der Waals surface area contributed by atoms with Gasteiger partial charge in [-0.1, -0.05) is 6.58 Å².